The maximum absolute atomic E-state index is 10.9. The minimum absolute atomic E-state index is 0.159. The van der Waals surface area contributed by atoms with Crippen molar-refractivity contribution in [3.8, 4) is 0 Å². The van der Waals surface area contributed by atoms with Crippen LogP contribution in [0.2, 0.25) is 0 Å². The molecule has 0 fully saturated rings. The highest BCUT2D eigenvalue weighted by molar-refractivity contribution is 5.88. The lowest BCUT2D eigenvalue weighted by Gasteiger charge is -2.16. The van der Waals surface area contributed by atoms with Crippen LogP contribution < -0.4 is 10.7 Å². The Balaban J connectivity index is 2.32. The van der Waals surface area contributed by atoms with Crippen LogP contribution in [0.3, 0.4) is 0 Å². The van der Waals surface area contributed by atoms with Gasteiger partial charge in [-0.1, -0.05) is 0 Å². The van der Waals surface area contributed by atoms with Crippen molar-refractivity contribution < 1.29 is 15.0 Å². The van der Waals surface area contributed by atoms with Crippen molar-refractivity contribution in [1.29, 1.82) is 0 Å². The van der Waals surface area contributed by atoms with E-state index in [1.807, 2.05) is 0 Å². The molecule has 1 atom stereocenters. The van der Waals surface area contributed by atoms with Gasteiger partial charge in [0, 0.05) is 11.8 Å². The Morgan fingerprint density at radius 1 is 1.24 bits per heavy atom. The zero-order valence-electron chi connectivity index (χ0n) is 8.53. The normalized spacial score (nSPS) is 19.8. The van der Waals surface area contributed by atoms with Crippen molar-refractivity contribution in [2.24, 2.45) is 15.0 Å². The van der Waals surface area contributed by atoms with Gasteiger partial charge >= 0.3 is 5.97 Å². The van der Waals surface area contributed by atoms with Crippen LogP contribution in [0.25, 0.3) is 0 Å². The summed E-state index contributed by atoms with van der Waals surface area (Å²) in [5.41, 5.74) is 0.735. The summed E-state index contributed by atoms with van der Waals surface area (Å²) in [6, 6.07) is 3.42. The molecule has 2 heterocycles. The summed E-state index contributed by atoms with van der Waals surface area (Å²) >= 11 is 0. The van der Waals surface area contributed by atoms with Crippen molar-refractivity contribution in [3.05, 3.63) is 40.2 Å². The van der Waals surface area contributed by atoms with Crippen LogP contribution in [-0.2, 0) is 4.79 Å². The molecule has 17 heavy (non-hydrogen) atoms. The zero-order chi connectivity index (χ0) is 12.0. The maximum Gasteiger partial charge on any atom is 0.336 e. The molecule has 3 rings (SSSR count). The Labute approximate surface area is 95.0 Å². The average molecular weight is 229 g/mol. The van der Waals surface area contributed by atoms with E-state index in [0.29, 0.717) is 22.0 Å². The smallest absolute Gasteiger partial charge is 0.336 e. The van der Waals surface area contributed by atoms with Gasteiger partial charge in [-0.3, -0.25) is 4.99 Å². The molecule has 1 unspecified atom stereocenters. The predicted molar refractivity (Wildman–Crippen MR) is 57.6 cm³/mol. The van der Waals surface area contributed by atoms with Crippen molar-refractivity contribution >= 4 is 18.0 Å². The molecule has 1 aromatic rings. The number of fused-ring (bicyclic) bond motifs is 3. The zero-order valence-corrected chi connectivity index (χ0v) is 8.53. The lowest BCUT2D eigenvalue weighted by molar-refractivity contribution is -0.133. The van der Waals surface area contributed by atoms with Gasteiger partial charge in [-0.2, -0.15) is 0 Å². The number of carboxylic acids is 1. The fourth-order valence-electron chi connectivity index (χ4n) is 1.89. The number of aliphatic carboxylic acids is 1. The number of carbonyl (C=O) groups is 1. The van der Waals surface area contributed by atoms with E-state index in [0.717, 1.165) is 6.20 Å². The molecule has 84 valence electrons. The van der Waals surface area contributed by atoms with Gasteiger partial charge in [-0.05, 0) is 12.1 Å². The van der Waals surface area contributed by atoms with E-state index < -0.39 is 12.1 Å². The van der Waals surface area contributed by atoms with Gasteiger partial charge < -0.3 is 10.2 Å². The number of rotatable bonds is 1. The van der Waals surface area contributed by atoms with Crippen LogP contribution in [0, 0.1) is 0 Å². The molecule has 2 aliphatic rings. The highest BCUT2D eigenvalue weighted by Crippen LogP contribution is 2.28. The van der Waals surface area contributed by atoms with Crippen molar-refractivity contribution in [2.75, 3.05) is 0 Å². The second-order valence-electron chi connectivity index (χ2n) is 3.66. The number of carboxylic acid groups (broad SMARTS) is 1. The van der Waals surface area contributed by atoms with Crippen LogP contribution in [0.1, 0.15) is 11.7 Å². The highest BCUT2D eigenvalue weighted by Gasteiger charge is 2.27. The molecule has 6 nitrogen and oxygen atoms in total. The summed E-state index contributed by atoms with van der Waals surface area (Å²) in [6.07, 6.45) is 1.31. The van der Waals surface area contributed by atoms with Gasteiger partial charge in [0.15, 0.2) is 0 Å². The van der Waals surface area contributed by atoms with Crippen molar-refractivity contribution in [1.82, 2.24) is 0 Å². The molecule has 0 amide bonds. The topological polar surface area (TPSA) is 94.6 Å². The molecule has 2 aliphatic heterocycles. The predicted octanol–water partition coefficient (Wildman–Crippen LogP) is -0.385. The molecule has 0 bridgehead atoms. The van der Waals surface area contributed by atoms with E-state index in [9.17, 15) is 9.90 Å². The third-order valence-electron chi connectivity index (χ3n) is 2.71. The van der Waals surface area contributed by atoms with Gasteiger partial charge in [0.2, 0.25) is 0 Å². The third-order valence-corrected chi connectivity index (χ3v) is 2.71. The Bertz CT molecular complexity index is 703. The Morgan fingerprint density at radius 2 is 2.00 bits per heavy atom. The first kappa shape index (κ1) is 9.86. The number of benzene rings is 1. The Kier molecular flexibility index (Phi) is 1.93. The van der Waals surface area contributed by atoms with E-state index in [4.69, 9.17) is 5.11 Å². The highest BCUT2D eigenvalue weighted by atomic mass is 16.4. The largest absolute Gasteiger partial charge is 0.478 e. The summed E-state index contributed by atoms with van der Waals surface area (Å²) < 4.78 is 0. The summed E-state index contributed by atoms with van der Waals surface area (Å²) in [7, 11) is 0. The first-order chi connectivity index (χ1) is 8.18. The molecule has 0 aliphatic carbocycles. The fraction of sp³-hybridized carbons (Fsp3) is 0.0909. The summed E-state index contributed by atoms with van der Waals surface area (Å²) in [4.78, 5) is 23.0. The molecule has 0 radical (unpaired) electrons. The number of hydrogen-bond acceptors (Lipinski definition) is 5. The maximum atomic E-state index is 10.9. The second-order valence-corrected chi connectivity index (χ2v) is 3.66. The third kappa shape index (κ3) is 1.31. The molecule has 2 N–H and O–H groups in total. The second kappa shape index (κ2) is 3.33. The quantitative estimate of drug-likeness (QED) is 0.686. The van der Waals surface area contributed by atoms with Gasteiger partial charge in [0.25, 0.3) is 0 Å². The van der Waals surface area contributed by atoms with Crippen LogP contribution in [0.5, 0.6) is 0 Å². The summed E-state index contributed by atoms with van der Waals surface area (Å²) in [5, 5.41) is 20.1. The minimum atomic E-state index is -1.22. The summed E-state index contributed by atoms with van der Waals surface area (Å²) in [5.74, 6) is -1.19. The van der Waals surface area contributed by atoms with Crippen LogP contribution >= 0.6 is 0 Å². The molecule has 0 saturated carbocycles. The number of aliphatic imine (C=N–C) groups is 1. The van der Waals surface area contributed by atoms with Crippen molar-refractivity contribution in [2.45, 2.75) is 6.10 Å². The van der Waals surface area contributed by atoms with E-state index in [2.05, 4.69) is 15.0 Å². The summed E-state index contributed by atoms with van der Waals surface area (Å²) in [6.45, 7) is 0. The van der Waals surface area contributed by atoms with E-state index in [-0.39, 0.29) is 5.57 Å². The van der Waals surface area contributed by atoms with Gasteiger partial charge in [-0.25, -0.2) is 14.8 Å². The first-order valence-corrected chi connectivity index (χ1v) is 4.91. The molecular weight excluding hydrogens is 222 g/mol. The number of hydrogen-bond donors (Lipinski definition) is 2. The number of nitrogens with zero attached hydrogens (tertiary/aromatic N) is 3. The molecular formula is C11H7N3O3. The van der Waals surface area contributed by atoms with Crippen molar-refractivity contribution in [3.63, 3.8) is 0 Å². The van der Waals surface area contributed by atoms with Crippen LogP contribution in [0.15, 0.2) is 38.9 Å². The van der Waals surface area contributed by atoms with E-state index >= 15 is 0 Å². The fourth-order valence-corrected chi connectivity index (χ4v) is 1.89. The monoisotopic (exact) mass is 229 g/mol. The lowest BCUT2D eigenvalue weighted by atomic mass is 9.98. The SMILES string of the molecule is O=C(O)C1=CN=c2ccc3c(c2C1O)N=CN=3. The van der Waals surface area contributed by atoms with Gasteiger partial charge in [-0.15, -0.1) is 0 Å². The van der Waals surface area contributed by atoms with E-state index in [1.165, 1.54) is 6.34 Å². The first-order valence-electron chi connectivity index (χ1n) is 4.91. The Morgan fingerprint density at radius 3 is 2.76 bits per heavy atom. The minimum Gasteiger partial charge on any atom is -0.478 e. The molecule has 0 saturated heterocycles. The lowest BCUT2D eigenvalue weighted by Crippen LogP contribution is -2.25. The number of aliphatic hydroxyl groups is 1. The average Bonchev–Trinajstić information content (AvgIpc) is 2.76. The molecule has 6 heteroatoms. The van der Waals surface area contributed by atoms with Gasteiger partial charge in [0.1, 0.15) is 12.4 Å². The molecule has 0 aromatic heterocycles. The van der Waals surface area contributed by atoms with Crippen LogP contribution in [-0.4, -0.2) is 22.5 Å². The van der Waals surface area contributed by atoms with E-state index in [1.54, 1.807) is 12.1 Å². The van der Waals surface area contributed by atoms with Gasteiger partial charge in [0.05, 0.1) is 22.0 Å². The molecule has 1 aromatic carbocycles. The molecule has 0 spiro atoms. The number of aliphatic hydroxyl groups excluding tert-OH is 1. The standard InChI is InChI=1S/C11H7N3O3/c15-10-5(11(16)17)3-12-6-1-2-7-9(8(6)10)14-4-13-7/h1-4,10,15H,(H,16,17). The van der Waals surface area contributed by atoms with Crippen LogP contribution in [0.4, 0.5) is 5.69 Å². The Hall–Kier alpha value is -2.34.